The van der Waals surface area contributed by atoms with Crippen LogP contribution in [0, 0.1) is 5.92 Å². The molecule has 0 radical (unpaired) electrons. The van der Waals surface area contributed by atoms with Crippen molar-refractivity contribution in [2.75, 3.05) is 0 Å². The molecule has 0 aliphatic heterocycles. The largest absolute Gasteiger partial charge is 0.473 e. The molecule has 0 saturated heterocycles. The topological polar surface area (TPSA) is 51.2 Å². The molecule has 126 valence electrons. The van der Waals surface area contributed by atoms with E-state index in [-0.39, 0.29) is 11.9 Å². The zero-order valence-electron chi connectivity index (χ0n) is 14.1. The second kappa shape index (κ2) is 7.95. The van der Waals surface area contributed by atoms with E-state index in [9.17, 15) is 4.79 Å². The van der Waals surface area contributed by atoms with E-state index in [1.807, 2.05) is 30.3 Å². The molecule has 1 aromatic heterocycles. The van der Waals surface area contributed by atoms with Crippen molar-refractivity contribution in [3.05, 3.63) is 59.8 Å². The molecule has 2 atom stereocenters. The third-order valence-corrected chi connectivity index (χ3v) is 4.50. The second-order valence-corrected chi connectivity index (χ2v) is 6.60. The van der Waals surface area contributed by atoms with E-state index in [1.54, 1.807) is 18.3 Å². The molecular formula is C20H24N2O2. The summed E-state index contributed by atoms with van der Waals surface area (Å²) in [6.07, 6.45) is 6.21. The van der Waals surface area contributed by atoms with Crippen LogP contribution < -0.4 is 10.1 Å². The average Bonchev–Trinajstić information content (AvgIpc) is 2.61. The van der Waals surface area contributed by atoms with Crippen molar-refractivity contribution in [3.63, 3.8) is 0 Å². The van der Waals surface area contributed by atoms with E-state index in [0.29, 0.717) is 24.0 Å². The van der Waals surface area contributed by atoms with E-state index in [1.165, 1.54) is 12.8 Å². The van der Waals surface area contributed by atoms with Gasteiger partial charge in [0.1, 0.15) is 6.61 Å². The Morgan fingerprint density at radius 3 is 2.88 bits per heavy atom. The van der Waals surface area contributed by atoms with Gasteiger partial charge in [0.25, 0.3) is 5.91 Å². The van der Waals surface area contributed by atoms with Crippen LogP contribution in [0.15, 0.2) is 48.7 Å². The monoisotopic (exact) mass is 324 g/mol. The van der Waals surface area contributed by atoms with E-state index < -0.39 is 0 Å². The number of hydrogen-bond acceptors (Lipinski definition) is 3. The number of carbonyl (C=O) groups is 1. The summed E-state index contributed by atoms with van der Waals surface area (Å²) >= 11 is 0. The van der Waals surface area contributed by atoms with Gasteiger partial charge in [0, 0.05) is 23.9 Å². The molecule has 1 aliphatic carbocycles. The highest BCUT2D eigenvalue weighted by atomic mass is 16.5. The maximum Gasteiger partial charge on any atom is 0.251 e. The van der Waals surface area contributed by atoms with Crippen LogP contribution >= 0.6 is 0 Å². The smallest absolute Gasteiger partial charge is 0.251 e. The van der Waals surface area contributed by atoms with E-state index in [0.717, 1.165) is 18.4 Å². The Labute approximate surface area is 143 Å². The summed E-state index contributed by atoms with van der Waals surface area (Å²) in [7, 11) is 0. The fourth-order valence-corrected chi connectivity index (χ4v) is 3.20. The third-order valence-electron chi connectivity index (χ3n) is 4.50. The van der Waals surface area contributed by atoms with Gasteiger partial charge in [-0.3, -0.25) is 4.79 Å². The maximum absolute atomic E-state index is 12.5. The molecular weight excluding hydrogens is 300 g/mol. The van der Waals surface area contributed by atoms with Crippen LogP contribution in [-0.2, 0) is 6.61 Å². The highest BCUT2D eigenvalue weighted by Crippen LogP contribution is 2.24. The molecule has 1 fully saturated rings. The van der Waals surface area contributed by atoms with E-state index >= 15 is 0 Å². The van der Waals surface area contributed by atoms with Gasteiger partial charge in [-0.25, -0.2) is 4.98 Å². The highest BCUT2D eigenvalue weighted by Gasteiger charge is 2.21. The number of ether oxygens (including phenoxy) is 1. The lowest BCUT2D eigenvalue weighted by molar-refractivity contribution is 0.0920. The van der Waals surface area contributed by atoms with Crippen molar-refractivity contribution in [2.24, 2.45) is 5.92 Å². The van der Waals surface area contributed by atoms with Gasteiger partial charge in [0.2, 0.25) is 5.88 Å². The Kier molecular flexibility index (Phi) is 5.47. The third kappa shape index (κ3) is 4.57. The minimum Gasteiger partial charge on any atom is -0.473 e. The van der Waals surface area contributed by atoms with Crippen LogP contribution in [0.2, 0.25) is 0 Å². The first-order chi connectivity index (χ1) is 11.7. The molecule has 2 aromatic rings. The minimum atomic E-state index is -0.0407. The summed E-state index contributed by atoms with van der Waals surface area (Å²) < 4.78 is 5.70. The van der Waals surface area contributed by atoms with Crippen molar-refractivity contribution in [3.8, 4) is 5.88 Å². The molecule has 4 nitrogen and oxygen atoms in total. The molecule has 0 spiro atoms. The minimum absolute atomic E-state index is 0.0407. The zero-order valence-corrected chi connectivity index (χ0v) is 14.1. The van der Waals surface area contributed by atoms with Crippen molar-refractivity contribution >= 4 is 5.91 Å². The Balaban J connectivity index is 1.58. The van der Waals surface area contributed by atoms with Gasteiger partial charge in [-0.15, -0.1) is 0 Å². The van der Waals surface area contributed by atoms with E-state index in [4.69, 9.17) is 4.74 Å². The molecule has 24 heavy (non-hydrogen) atoms. The maximum atomic E-state index is 12.5. The normalized spacial score (nSPS) is 20.4. The predicted octanol–water partition coefficient (Wildman–Crippen LogP) is 3.97. The number of nitrogens with one attached hydrogen (secondary N) is 1. The lowest BCUT2D eigenvalue weighted by Crippen LogP contribution is -2.37. The van der Waals surface area contributed by atoms with Crippen LogP contribution in [0.3, 0.4) is 0 Å². The molecule has 1 saturated carbocycles. The van der Waals surface area contributed by atoms with Crippen molar-refractivity contribution in [2.45, 2.75) is 45.3 Å². The Morgan fingerprint density at radius 2 is 2.08 bits per heavy atom. The summed E-state index contributed by atoms with van der Waals surface area (Å²) in [5, 5.41) is 3.14. The first kappa shape index (κ1) is 16.5. The summed E-state index contributed by atoms with van der Waals surface area (Å²) in [5.74, 6) is 1.12. The van der Waals surface area contributed by atoms with Gasteiger partial charge in [-0.05, 0) is 30.4 Å². The Bertz CT molecular complexity index is 672. The molecule has 0 bridgehead atoms. The Hall–Kier alpha value is -2.36. The first-order valence-corrected chi connectivity index (χ1v) is 8.64. The molecule has 1 aromatic carbocycles. The highest BCUT2D eigenvalue weighted by molar-refractivity contribution is 5.94. The molecule has 3 rings (SSSR count). The number of hydrogen-bond donors (Lipinski definition) is 1. The summed E-state index contributed by atoms with van der Waals surface area (Å²) in [4.78, 5) is 16.6. The molecule has 1 amide bonds. The number of aromatic nitrogens is 1. The number of benzene rings is 1. The zero-order chi connectivity index (χ0) is 16.8. The SMILES string of the molecule is CC1CCCC(NC(=O)c2ccnc(OCc3ccccc3)c2)C1. The fourth-order valence-electron chi connectivity index (χ4n) is 3.20. The van der Waals surface area contributed by atoms with Crippen molar-refractivity contribution < 1.29 is 9.53 Å². The van der Waals surface area contributed by atoms with Crippen LogP contribution in [0.5, 0.6) is 5.88 Å². The Morgan fingerprint density at radius 1 is 1.25 bits per heavy atom. The van der Waals surface area contributed by atoms with Crippen LogP contribution in [-0.4, -0.2) is 16.9 Å². The summed E-state index contributed by atoms with van der Waals surface area (Å²) in [5.41, 5.74) is 1.68. The van der Waals surface area contributed by atoms with Gasteiger partial charge < -0.3 is 10.1 Å². The summed E-state index contributed by atoms with van der Waals surface area (Å²) in [6, 6.07) is 13.6. The van der Waals surface area contributed by atoms with Crippen molar-refractivity contribution in [1.29, 1.82) is 0 Å². The molecule has 1 heterocycles. The second-order valence-electron chi connectivity index (χ2n) is 6.60. The predicted molar refractivity (Wildman–Crippen MR) is 93.9 cm³/mol. The van der Waals surface area contributed by atoms with Gasteiger partial charge in [-0.2, -0.15) is 0 Å². The van der Waals surface area contributed by atoms with Gasteiger partial charge in [0.15, 0.2) is 0 Å². The number of rotatable bonds is 5. The lowest BCUT2D eigenvalue weighted by Gasteiger charge is -2.27. The average molecular weight is 324 g/mol. The lowest BCUT2D eigenvalue weighted by atomic mass is 9.87. The van der Waals surface area contributed by atoms with Crippen LogP contribution in [0.1, 0.15) is 48.5 Å². The van der Waals surface area contributed by atoms with Gasteiger partial charge in [-0.1, -0.05) is 50.1 Å². The van der Waals surface area contributed by atoms with Crippen LogP contribution in [0.4, 0.5) is 0 Å². The quantitative estimate of drug-likeness (QED) is 0.905. The molecule has 4 heteroatoms. The number of carbonyl (C=O) groups excluding carboxylic acids is 1. The van der Waals surface area contributed by atoms with Gasteiger partial charge >= 0.3 is 0 Å². The number of nitrogens with zero attached hydrogens (tertiary/aromatic N) is 1. The number of amides is 1. The molecule has 2 unspecified atom stereocenters. The fraction of sp³-hybridized carbons (Fsp3) is 0.400. The summed E-state index contributed by atoms with van der Waals surface area (Å²) in [6.45, 7) is 2.69. The van der Waals surface area contributed by atoms with Crippen LogP contribution in [0.25, 0.3) is 0 Å². The van der Waals surface area contributed by atoms with E-state index in [2.05, 4.69) is 17.2 Å². The first-order valence-electron chi connectivity index (χ1n) is 8.64. The van der Waals surface area contributed by atoms with Gasteiger partial charge in [0.05, 0.1) is 0 Å². The molecule has 1 N–H and O–H groups in total. The number of pyridine rings is 1. The standard InChI is InChI=1S/C20H24N2O2/c1-15-6-5-9-18(12-15)22-20(23)17-10-11-21-19(13-17)24-14-16-7-3-2-4-8-16/h2-4,7-8,10-11,13,15,18H,5-6,9,12,14H2,1H3,(H,22,23). The van der Waals surface area contributed by atoms with Crippen molar-refractivity contribution in [1.82, 2.24) is 10.3 Å². The molecule has 1 aliphatic rings.